The van der Waals surface area contributed by atoms with Crippen molar-refractivity contribution in [1.29, 1.82) is 0 Å². The average molecular weight is 219 g/mol. The monoisotopic (exact) mass is 219 g/mol. The summed E-state index contributed by atoms with van der Waals surface area (Å²) in [7, 11) is 0. The molecule has 1 aliphatic carbocycles. The van der Waals surface area contributed by atoms with Crippen LogP contribution in [0, 0.1) is 29.2 Å². The van der Waals surface area contributed by atoms with Crippen molar-refractivity contribution in [1.82, 2.24) is 0 Å². The van der Waals surface area contributed by atoms with Gasteiger partial charge in [0.15, 0.2) is 23.3 Å². The Morgan fingerprint density at radius 2 is 1.67 bits per heavy atom. The second kappa shape index (κ2) is 3.48. The van der Waals surface area contributed by atoms with Crippen LogP contribution < -0.4 is 5.73 Å². The molecule has 1 aliphatic rings. The van der Waals surface area contributed by atoms with Crippen molar-refractivity contribution in [2.75, 3.05) is 6.54 Å². The van der Waals surface area contributed by atoms with Crippen molar-refractivity contribution >= 4 is 0 Å². The van der Waals surface area contributed by atoms with Crippen LogP contribution in [0.1, 0.15) is 17.9 Å². The smallest absolute Gasteiger partial charge is 0.165 e. The van der Waals surface area contributed by atoms with Crippen LogP contribution in [0.25, 0.3) is 0 Å². The van der Waals surface area contributed by atoms with E-state index in [4.69, 9.17) is 5.73 Å². The van der Waals surface area contributed by atoms with Gasteiger partial charge in [0, 0.05) is 11.6 Å². The van der Waals surface area contributed by atoms with Gasteiger partial charge in [-0.15, -0.1) is 0 Å². The minimum Gasteiger partial charge on any atom is -0.330 e. The van der Waals surface area contributed by atoms with Gasteiger partial charge in [-0.1, -0.05) is 0 Å². The highest BCUT2D eigenvalue weighted by atomic mass is 19.2. The Morgan fingerprint density at radius 3 is 2.07 bits per heavy atom. The van der Waals surface area contributed by atoms with Gasteiger partial charge >= 0.3 is 0 Å². The number of nitrogens with two attached hydrogens (primary N) is 1. The molecule has 1 nitrogen and oxygen atoms in total. The zero-order chi connectivity index (χ0) is 11.2. The fourth-order valence-electron chi connectivity index (χ4n) is 1.78. The van der Waals surface area contributed by atoms with Crippen LogP contribution in [0.5, 0.6) is 0 Å². The molecule has 82 valence electrons. The second-order valence-corrected chi connectivity index (χ2v) is 3.72. The van der Waals surface area contributed by atoms with E-state index >= 15 is 0 Å². The summed E-state index contributed by atoms with van der Waals surface area (Å²) in [5.74, 6) is -5.86. The minimum atomic E-state index is -1.36. The van der Waals surface area contributed by atoms with Gasteiger partial charge in [0.25, 0.3) is 0 Å². The lowest BCUT2D eigenvalue weighted by Crippen LogP contribution is -2.06. The summed E-state index contributed by atoms with van der Waals surface area (Å²) >= 11 is 0. The van der Waals surface area contributed by atoms with E-state index in [0.29, 0.717) is 6.42 Å². The molecule has 0 heterocycles. The number of halogens is 4. The summed E-state index contributed by atoms with van der Waals surface area (Å²) < 4.78 is 52.1. The van der Waals surface area contributed by atoms with Crippen molar-refractivity contribution in [2.24, 2.45) is 11.7 Å². The summed E-state index contributed by atoms with van der Waals surface area (Å²) in [5, 5.41) is 0. The third kappa shape index (κ3) is 1.61. The van der Waals surface area contributed by atoms with Crippen LogP contribution in [-0.4, -0.2) is 6.54 Å². The van der Waals surface area contributed by atoms with E-state index in [2.05, 4.69) is 0 Å². The molecule has 15 heavy (non-hydrogen) atoms. The fourth-order valence-corrected chi connectivity index (χ4v) is 1.78. The van der Waals surface area contributed by atoms with Crippen molar-refractivity contribution < 1.29 is 17.6 Å². The minimum absolute atomic E-state index is 0.0739. The molecular weight excluding hydrogens is 210 g/mol. The molecule has 0 radical (unpaired) electrons. The third-order valence-corrected chi connectivity index (χ3v) is 2.74. The van der Waals surface area contributed by atoms with Gasteiger partial charge in [0.05, 0.1) is 0 Å². The fraction of sp³-hybridized carbons (Fsp3) is 0.400. The van der Waals surface area contributed by atoms with Gasteiger partial charge in [-0.2, -0.15) is 0 Å². The number of hydrogen-bond acceptors (Lipinski definition) is 1. The lowest BCUT2D eigenvalue weighted by atomic mass is 10.1. The van der Waals surface area contributed by atoms with E-state index in [-0.39, 0.29) is 18.5 Å². The highest BCUT2D eigenvalue weighted by molar-refractivity contribution is 5.31. The maximum absolute atomic E-state index is 13.2. The molecule has 1 aromatic carbocycles. The Balaban J connectivity index is 2.46. The SMILES string of the molecule is NC[C@@H]1C[C@H]1c1c(F)c(F)cc(F)c1F. The summed E-state index contributed by atoms with van der Waals surface area (Å²) in [4.78, 5) is 0. The van der Waals surface area contributed by atoms with E-state index in [0.717, 1.165) is 0 Å². The molecule has 5 heteroatoms. The number of hydrogen-bond donors (Lipinski definition) is 1. The molecule has 1 aromatic rings. The first-order chi connectivity index (χ1) is 7.06. The lowest BCUT2D eigenvalue weighted by Gasteiger charge is -2.05. The molecule has 1 fully saturated rings. The standard InChI is InChI=1S/C10H9F4N/c11-6-2-7(12)10(14)8(9(6)13)5-1-4(5)3-15/h2,4-5H,1,3,15H2/t4-,5+/m0/s1. The molecule has 0 aliphatic heterocycles. The Kier molecular flexibility index (Phi) is 2.42. The highest BCUT2D eigenvalue weighted by Gasteiger charge is 2.42. The molecule has 0 unspecified atom stereocenters. The van der Waals surface area contributed by atoms with E-state index in [9.17, 15) is 17.6 Å². The Bertz CT molecular complexity index is 379. The topological polar surface area (TPSA) is 26.0 Å². The molecule has 1 saturated carbocycles. The van der Waals surface area contributed by atoms with E-state index < -0.39 is 34.8 Å². The van der Waals surface area contributed by atoms with Gasteiger partial charge in [-0.05, 0) is 24.8 Å². The Labute approximate surface area is 83.9 Å². The first-order valence-corrected chi connectivity index (χ1v) is 4.59. The zero-order valence-corrected chi connectivity index (χ0v) is 7.74. The van der Waals surface area contributed by atoms with Gasteiger partial charge in [0.1, 0.15) is 0 Å². The first-order valence-electron chi connectivity index (χ1n) is 4.59. The van der Waals surface area contributed by atoms with Crippen molar-refractivity contribution in [3.05, 3.63) is 34.9 Å². The van der Waals surface area contributed by atoms with Crippen molar-refractivity contribution in [3.8, 4) is 0 Å². The largest absolute Gasteiger partial charge is 0.330 e. The van der Waals surface area contributed by atoms with Gasteiger partial charge in [-0.3, -0.25) is 0 Å². The van der Waals surface area contributed by atoms with E-state index in [1.807, 2.05) is 0 Å². The lowest BCUT2D eigenvalue weighted by molar-refractivity contribution is 0.437. The highest BCUT2D eigenvalue weighted by Crippen LogP contribution is 2.48. The zero-order valence-electron chi connectivity index (χ0n) is 7.74. The molecule has 2 N–H and O–H groups in total. The van der Waals surface area contributed by atoms with Crippen LogP contribution in [0.4, 0.5) is 17.6 Å². The van der Waals surface area contributed by atoms with Crippen LogP contribution in [0.2, 0.25) is 0 Å². The van der Waals surface area contributed by atoms with Crippen LogP contribution in [0.15, 0.2) is 6.07 Å². The average Bonchev–Trinajstić information content (AvgIpc) is 2.95. The quantitative estimate of drug-likeness (QED) is 0.599. The van der Waals surface area contributed by atoms with Crippen molar-refractivity contribution in [3.63, 3.8) is 0 Å². The Hall–Kier alpha value is -1.10. The molecule has 0 bridgehead atoms. The number of rotatable bonds is 2. The number of benzene rings is 1. The van der Waals surface area contributed by atoms with E-state index in [1.165, 1.54) is 0 Å². The first kappa shape index (κ1) is 10.4. The summed E-state index contributed by atoms with van der Waals surface area (Å²) in [6, 6.07) is 0.216. The van der Waals surface area contributed by atoms with Gasteiger partial charge in [0.2, 0.25) is 0 Å². The summed E-state index contributed by atoms with van der Waals surface area (Å²) in [6.45, 7) is 0.266. The predicted molar refractivity (Wildman–Crippen MR) is 46.2 cm³/mol. The summed E-state index contributed by atoms with van der Waals surface area (Å²) in [5.41, 5.74) is 4.81. The molecule has 0 aromatic heterocycles. The molecule has 2 rings (SSSR count). The van der Waals surface area contributed by atoms with Gasteiger partial charge < -0.3 is 5.73 Å². The van der Waals surface area contributed by atoms with Crippen LogP contribution in [0.3, 0.4) is 0 Å². The van der Waals surface area contributed by atoms with Crippen LogP contribution in [-0.2, 0) is 0 Å². The molecule has 0 amide bonds. The van der Waals surface area contributed by atoms with Crippen molar-refractivity contribution in [2.45, 2.75) is 12.3 Å². The summed E-state index contributed by atoms with van der Waals surface area (Å²) in [6.07, 6.45) is 0.479. The maximum atomic E-state index is 13.2. The second-order valence-electron chi connectivity index (χ2n) is 3.72. The van der Waals surface area contributed by atoms with Crippen LogP contribution >= 0.6 is 0 Å². The Morgan fingerprint density at radius 1 is 1.13 bits per heavy atom. The molecule has 0 spiro atoms. The molecule has 2 atom stereocenters. The molecular formula is C10H9F4N. The third-order valence-electron chi connectivity index (χ3n) is 2.74. The molecule has 0 saturated heterocycles. The maximum Gasteiger partial charge on any atom is 0.165 e. The predicted octanol–water partition coefficient (Wildman–Crippen LogP) is 2.31. The van der Waals surface area contributed by atoms with E-state index in [1.54, 1.807) is 0 Å². The van der Waals surface area contributed by atoms with Gasteiger partial charge in [-0.25, -0.2) is 17.6 Å². The normalized spacial score (nSPS) is 24.3.